The van der Waals surface area contributed by atoms with Crippen LogP contribution in [0.25, 0.3) is 0 Å². The van der Waals surface area contributed by atoms with Crippen molar-refractivity contribution < 1.29 is 0 Å². The first-order valence-electron chi connectivity index (χ1n) is 9.48. The van der Waals surface area contributed by atoms with E-state index in [2.05, 4.69) is 105 Å². The van der Waals surface area contributed by atoms with Gasteiger partial charge in [-0.15, -0.1) is 9.24 Å². The van der Waals surface area contributed by atoms with Gasteiger partial charge in [-0.25, -0.2) is 0 Å². The summed E-state index contributed by atoms with van der Waals surface area (Å²) in [5.41, 5.74) is 4.12. The van der Waals surface area contributed by atoms with E-state index in [-0.39, 0.29) is 5.54 Å². The maximum Gasteiger partial charge on any atom is 0.0785 e. The van der Waals surface area contributed by atoms with Crippen LogP contribution in [-0.2, 0) is 5.54 Å². The predicted octanol–water partition coefficient (Wildman–Crippen LogP) is 5.29. The van der Waals surface area contributed by atoms with Crippen molar-refractivity contribution in [2.75, 3.05) is 19.3 Å². The Morgan fingerprint density at radius 3 is 1.77 bits per heavy atom. The third-order valence-electron chi connectivity index (χ3n) is 5.72. The van der Waals surface area contributed by atoms with E-state index in [4.69, 9.17) is 0 Å². The van der Waals surface area contributed by atoms with Gasteiger partial charge < -0.3 is 0 Å². The maximum absolute atomic E-state index is 2.91. The van der Waals surface area contributed by atoms with Crippen LogP contribution >= 0.6 is 9.24 Å². The zero-order chi connectivity index (χ0) is 17.8. The van der Waals surface area contributed by atoms with Crippen molar-refractivity contribution >= 4 is 9.24 Å². The van der Waals surface area contributed by atoms with Crippen molar-refractivity contribution in [3.05, 3.63) is 108 Å². The van der Waals surface area contributed by atoms with Crippen LogP contribution < -0.4 is 0 Å². The van der Waals surface area contributed by atoms with E-state index in [1.165, 1.54) is 23.1 Å². The molecule has 0 radical (unpaired) electrons. The normalized spacial score (nSPS) is 19.5. The lowest BCUT2D eigenvalue weighted by Crippen LogP contribution is -2.46. The van der Waals surface area contributed by atoms with Crippen molar-refractivity contribution in [2.45, 2.75) is 17.9 Å². The molecule has 1 aliphatic heterocycles. The highest BCUT2D eigenvalue weighted by atomic mass is 31.0. The van der Waals surface area contributed by atoms with Gasteiger partial charge >= 0.3 is 0 Å². The molecule has 1 aliphatic rings. The fraction of sp³-hybridized carbons (Fsp3) is 0.250. The fourth-order valence-electron chi connectivity index (χ4n) is 4.75. The minimum Gasteiger partial charge on any atom is -0.289 e. The highest BCUT2D eigenvalue weighted by molar-refractivity contribution is 7.16. The molecule has 2 heteroatoms. The van der Waals surface area contributed by atoms with Gasteiger partial charge in [-0.05, 0) is 29.3 Å². The van der Waals surface area contributed by atoms with Gasteiger partial charge in [-0.3, -0.25) is 4.90 Å². The Bertz CT molecular complexity index is 777. The lowest BCUT2D eigenvalue weighted by molar-refractivity contribution is 0.174. The molecule has 0 bridgehead atoms. The molecule has 0 N–H and O–H groups in total. The monoisotopic (exact) mass is 359 g/mol. The summed E-state index contributed by atoms with van der Waals surface area (Å²) >= 11 is 0. The molecule has 1 nitrogen and oxygen atoms in total. The summed E-state index contributed by atoms with van der Waals surface area (Å²) in [5, 5.41) is 0. The smallest absolute Gasteiger partial charge is 0.0785 e. The molecule has 1 saturated heterocycles. The average molecular weight is 359 g/mol. The summed E-state index contributed by atoms with van der Waals surface area (Å²) in [6, 6.07) is 33.3. The first kappa shape index (κ1) is 17.5. The highest BCUT2D eigenvalue weighted by Gasteiger charge is 2.51. The van der Waals surface area contributed by atoms with Crippen molar-refractivity contribution in [3.63, 3.8) is 0 Å². The molecule has 0 aromatic heterocycles. The molecule has 3 aromatic rings. The Balaban J connectivity index is 1.97. The fourth-order valence-corrected chi connectivity index (χ4v) is 5.06. The number of nitrogens with zero attached hydrogens (tertiary/aromatic N) is 1. The van der Waals surface area contributed by atoms with E-state index in [1.54, 1.807) is 0 Å². The summed E-state index contributed by atoms with van der Waals surface area (Å²) < 4.78 is 0. The summed E-state index contributed by atoms with van der Waals surface area (Å²) in [4.78, 5) is 2.70. The maximum atomic E-state index is 2.91. The van der Waals surface area contributed by atoms with Crippen molar-refractivity contribution in [2.24, 2.45) is 0 Å². The standard InChI is InChI=1S/C24H26NP/c26-19-18-25-17-16-23(20-10-4-1-5-11-20)24(25,21-12-6-2-7-13-21)22-14-8-3-9-15-22/h1-15,23H,16-19,26H2. The predicted molar refractivity (Wildman–Crippen MR) is 114 cm³/mol. The van der Waals surface area contributed by atoms with Crippen LogP contribution in [0.1, 0.15) is 29.0 Å². The zero-order valence-electron chi connectivity index (χ0n) is 15.1. The lowest BCUT2D eigenvalue weighted by Gasteiger charge is -2.44. The number of hydrogen-bond donors (Lipinski definition) is 0. The minimum atomic E-state index is -0.111. The second kappa shape index (κ2) is 7.74. The first-order chi connectivity index (χ1) is 12.9. The van der Waals surface area contributed by atoms with Gasteiger partial charge in [0.15, 0.2) is 0 Å². The van der Waals surface area contributed by atoms with Gasteiger partial charge in [0.25, 0.3) is 0 Å². The van der Waals surface area contributed by atoms with E-state index in [0.717, 1.165) is 19.3 Å². The molecule has 4 rings (SSSR count). The summed E-state index contributed by atoms with van der Waals surface area (Å²) in [6.45, 7) is 2.20. The third kappa shape index (κ3) is 2.90. The van der Waals surface area contributed by atoms with Crippen LogP contribution in [0.2, 0.25) is 0 Å². The van der Waals surface area contributed by atoms with Gasteiger partial charge in [-0.2, -0.15) is 0 Å². The van der Waals surface area contributed by atoms with Crippen LogP contribution in [0.3, 0.4) is 0 Å². The number of rotatable bonds is 5. The van der Waals surface area contributed by atoms with Crippen LogP contribution in [0.15, 0.2) is 91.0 Å². The molecule has 0 aliphatic carbocycles. The molecular formula is C24H26NP. The molecule has 3 aromatic carbocycles. The zero-order valence-corrected chi connectivity index (χ0v) is 16.2. The number of benzene rings is 3. The molecule has 26 heavy (non-hydrogen) atoms. The summed E-state index contributed by atoms with van der Waals surface area (Å²) in [6.07, 6.45) is 2.27. The Morgan fingerprint density at radius 1 is 0.769 bits per heavy atom. The minimum absolute atomic E-state index is 0.111. The van der Waals surface area contributed by atoms with E-state index in [0.29, 0.717) is 5.92 Å². The Hall–Kier alpha value is -1.95. The summed E-state index contributed by atoms with van der Waals surface area (Å²) in [7, 11) is 2.91. The Morgan fingerprint density at radius 2 is 1.27 bits per heavy atom. The molecule has 0 amide bonds. The SMILES string of the molecule is PCCN1CCC(c2ccccc2)C1(c1ccccc1)c1ccccc1. The van der Waals surface area contributed by atoms with Crippen molar-refractivity contribution in [1.82, 2.24) is 4.90 Å². The topological polar surface area (TPSA) is 3.24 Å². The highest BCUT2D eigenvalue weighted by Crippen LogP contribution is 2.53. The van der Waals surface area contributed by atoms with E-state index < -0.39 is 0 Å². The van der Waals surface area contributed by atoms with E-state index in [1.807, 2.05) is 0 Å². The van der Waals surface area contributed by atoms with Crippen LogP contribution in [0, 0.1) is 0 Å². The van der Waals surface area contributed by atoms with Crippen LogP contribution in [0.5, 0.6) is 0 Å². The molecule has 2 unspecified atom stereocenters. The molecule has 1 heterocycles. The van der Waals surface area contributed by atoms with Crippen molar-refractivity contribution in [1.29, 1.82) is 0 Å². The van der Waals surface area contributed by atoms with Gasteiger partial charge in [0.2, 0.25) is 0 Å². The molecule has 0 saturated carbocycles. The molecular weight excluding hydrogens is 333 g/mol. The first-order valence-corrected chi connectivity index (χ1v) is 10.3. The van der Waals surface area contributed by atoms with Crippen LogP contribution in [-0.4, -0.2) is 24.2 Å². The number of hydrogen-bond acceptors (Lipinski definition) is 1. The van der Waals surface area contributed by atoms with E-state index >= 15 is 0 Å². The van der Waals surface area contributed by atoms with Gasteiger partial charge in [0.05, 0.1) is 5.54 Å². The molecule has 132 valence electrons. The second-order valence-electron chi connectivity index (χ2n) is 7.03. The second-order valence-corrected chi connectivity index (χ2v) is 7.60. The van der Waals surface area contributed by atoms with Crippen LogP contribution in [0.4, 0.5) is 0 Å². The molecule has 2 atom stereocenters. The summed E-state index contributed by atoms with van der Waals surface area (Å²) in [5.74, 6) is 0.449. The van der Waals surface area contributed by atoms with Crippen molar-refractivity contribution in [3.8, 4) is 0 Å². The van der Waals surface area contributed by atoms with Gasteiger partial charge in [0, 0.05) is 19.0 Å². The quantitative estimate of drug-likeness (QED) is 0.559. The molecule has 0 spiro atoms. The average Bonchev–Trinajstić information content (AvgIpc) is 3.10. The number of likely N-dealkylation sites (tertiary alicyclic amines) is 1. The third-order valence-corrected chi connectivity index (χ3v) is 5.98. The largest absolute Gasteiger partial charge is 0.289 e. The Kier molecular flexibility index (Phi) is 5.20. The Labute approximate surface area is 159 Å². The van der Waals surface area contributed by atoms with Gasteiger partial charge in [0.1, 0.15) is 0 Å². The van der Waals surface area contributed by atoms with E-state index in [9.17, 15) is 0 Å². The molecule has 1 fully saturated rings. The van der Waals surface area contributed by atoms with Gasteiger partial charge in [-0.1, -0.05) is 91.0 Å². The lowest BCUT2D eigenvalue weighted by atomic mass is 9.71.